The predicted octanol–water partition coefficient (Wildman–Crippen LogP) is 4.00. The van der Waals surface area contributed by atoms with Crippen LogP contribution in [0.4, 0.5) is 0 Å². The molecule has 0 aliphatic carbocycles. The molecule has 1 nitrogen and oxygen atoms in total. The molecule has 0 unspecified atom stereocenters. The van der Waals surface area contributed by atoms with Gasteiger partial charge in [-0.3, -0.25) is 0 Å². The first kappa shape index (κ1) is 12.5. The number of nitrogens with one attached hydrogen (secondary N) is 1. The Morgan fingerprint density at radius 3 is 2.69 bits per heavy atom. The summed E-state index contributed by atoms with van der Waals surface area (Å²) in [6.45, 7) is 2.25. The molecule has 1 fully saturated rings. The number of benzene rings is 1. The Hall–Kier alpha value is 0.01000. The maximum Gasteiger partial charge on any atom is 0.0305 e. The smallest absolute Gasteiger partial charge is 0.0305 e. The van der Waals surface area contributed by atoms with Gasteiger partial charge in [0.2, 0.25) is 0 Å². The molecular weight excluding hydrogens is 282 g/mol. The van der Waals surface area contributed by atoms with E-state index in [1.54, 1.807) is 0 Å². The Labute approximate surface area is 111 Å². The normalized spacial score (nSPS) is 19.6. The van der Waals surface area contributed by atoms with Gasteiger partial charge in [0.25, 0.3) is 0 Å². The van der Waals surface area contributed by atoms with E-state index < -0.39 is 0 Å². The molecule has 3 heteroatoms. The Balaban J connectivity index is 1.96. The molecule has 0 bridgehead atoms. The van der Waals surface area contributed by atoms with Crippen LogP contribution in [-0.4, -0.2) is 17.5 Å². The van der Waals surface area contributed by atoms with Crippen molar-refractivity contribution in [3.05, 3.63) is 34.3 Å². The summed E-state index contributed by atoms with van der Waals surface area (Å²) in [5.74, 6) is 2.61. The third kappa shape index (κ3) is 3.25. The molecule has 1 heterocycles. The van der Waals surface area contributed by atoms with E-state index in [0.29, 0.717) is 12.1 Å². The van der Waals surface area contributed by atoms with Crippen LogP contribution in [0.5, 0.6) is 0 Å². The van der Waals surface area contributed by atoms with Crippen molar-refractivity contribution in [3.8, 4) is 0 Å². The Morgan fingerprint density at radius 2 is 2.00 bits per heavy atom. The van der Waals surface area contributed by atoms with E-state index >= 15 is 0 Å². The van der Waals surface area contributed by atoms with Gasteiger partial charge in [-0.25, -0.2) is 0 Å². The summed E-state index contributed by atoms with van der Waals surface area (Å²) in [4.78, 5) is 0. The second-order valence-electron chi connectivity index (χ2n) is 4.30. The van der Waals surface area contributed by atoms with Crippen molar-refractivity contribution < 1.29 is 0 Å². The number of halogens is 1. The van der Waals surface area contributed by atoms with Gasteiger partial charge >= 0.3 is 0 Å². The van der Waals surface area contributed by atoms with E-state index in [2.05, 4.69) is 64.2 Å². The standard InChI is InChI=1S/C13H18BrNS/c1-10(12-4-2-3-5-13(12)14)15-11-6-8-16-9-7-11/h2-5,10-11,15H,6-9H2,1H3/t10-/m1/s1. The minimum atomic E-state index is 0.434. The van der Waals surface area contributed by atoms with E-state index in [1.807, 2.05) is 0 Å². The number of thioether (sulfide) groups is 1. The van der Waals surface area contributed by atoms with Crippen LogP contribution in [0.2, 0.25) is 0 Å². The minimum Gasteiger partial charge on any atom is -0.307 e. The molecule has 1 aromatic rings. The van der Waals surface area contributed by atoms with Crippen LogP contribution in [0.25, 0.3) is 0 Å². The fourth-order valence-corrected chi connectivity index (χ4v) is 3.87. The van der Waals surface area contributed by atoms with E-state index in [1.165, 1.54) is 34.4 Å². The predicted molar refractivity (Wildman–Crippen MR) is 76.0 cm³/mol. The summed E-state index contributed by atoms with van der Waals surface area (Å²) in [6, 6.07) is 9.61. The molecule has 0 amide bonds. The lowest BCUT2D eigenvalue weighted by molar-refractivity contribution is 0.430. The fourth-order valence-electron chi connectivity index (χ4n) is 2.13. The number of hydrogen-bond acceptors (Lipinski definition) is 2. The van der Waals surface area contributed by atoms with Gasteiger partial charge in [0.05, 0.1) is 0 Å². The molecule has 1 aromatic carbocycles. The van der Waals surface area contributed by atoms with Crippen molar-refractivity contribution in [2.75, 3.05) is 11.5 Å². The molecule has 0 saturated carbocycles. The van der Waals surface area contributed by atoms with Crippen LogP contribution >= 0.6 is 27.7 Å². The molecule has 1 aliphatic heterocycles. The van der Waals surface area contributed by atoms with Gasteiger partial charge in [-0.15, -0.1) is 0 Å². The van der Waals surface area contributed by atoms with Gasteiger partial charge < -0.3 is 5.32 Å². The molecular formula is C13H18BrNS. The highest BCUT2D eigenvalue weighted by molar-refractivity contribution is 9.10. The quantitative estimate of drug-likeness (QED) is 0.905. The fraction of sp³-hybridized carbons (Fsp3) is 0.538. The van der Waals surface area contributed by atoms with Crippen LogP contribution < -0.4 is 5.32 Å². The summed E-state index contributed by atoms with van der Waals surface area (Å²) in [6.07, 6.45) is 2.61. The van der Waals surface area contributed by atoms with E-state index in [-0.39, 0.29) is 0 Å². The van der Waals surface area contributed by atoms with Crippen LogP contribution in [0.1, 0.15) is 31.4 Å². The molecule has 1 saturated heterocycles. The zero-order chi connectivity index (χ0) is 11.4. The van der Waals surface area contributed by atoms with E-state index in [0.717, 1.165) is 0 Å². The third-order valence-electron chi connectivity index (χ3n) is 3.08. The van der Waals surface area contributed by atoms with Gasteiger partial charge in [-0.05, 0) is 42.9 Å². The highest BCUT2D eigenvalue weighted by Crippen LogP contribution is 2.25. The van der Waals surface area contributed by atoms with Crippen molar-refractivity contribution in [2.24, 2.45) is 0 Å². The van der Waals surface area contributed by atoms with Crippen molar-refractivity contribution in [1.82, 2.24) is 5.32 Å². The number of hydrogen-bond donors (Lipinski definition) is 1. The van der Waals surface area contributed by atoms with Gasteiger partial charge in [0.15, 0.2) is 0 Å². The average Bonchev–Trinajstić information content (AvgIpc) is 2.31. The van der Waals surface area contributed by atoms with E-state index in [4.69, 9.17) is 0 Å². The molecule has 88 valence electrons. The van der Waals surface area contributed by atoms with Crippen molar-refractivity contribution in [3.63, 3.8) is 0 Å². The molecule has 16 heavy (non-hydrogen) atoms. The monoisotopic (exact) mass is 299 g/mol. The maximum atomic E-state index is 3.73. The lowest BCUT2D eigenvalue weighted by Crippen LogP contribution is -2.34. The highest BCUT2D eigenvalue weighted by atomic mass is 79.9. The molecule has 0 spiro atoms. The first-order chi connectivity index (χ1) is 7.77. The first-order valence-corrected chi connectivity index (χ1v) is 7.80. The lowest BCUT2D eigenvalue weighted by atomic mass is 10.1. The largest absolute Gasteiger partial charge is 0.307 e. The summed E-state index contributed by atoms with van der Waals surface area (Å²) in [7, 11) is 0. The molecule has 2 rings (SSSR count). The minimum absolute atomic E-state index is 0.434. The van der Waals surface area contributed by atoms with Crippen molar-refractivity contribution in [1.29, 1.82) is 0 Å². The summed E-state index contributed by atoms with van der Waals surface area (Å²) in [5, 5.41) is 3.73. The van der Waals surface area contributed by atoms with Crippen molar-refractivity contribution >= 4 is 27.7 Å². The first-order valence-electron chi connectivity index (χ1n) is 5.85. The average molecular weight is 300 g/mol. The van der Waals surface area contributed by atoms with E-state index in [9.17, 15) is 0 Å². The van der Waals surface area contributed by atoms with Crippen LogP contribution in [0.3, 0.4) is 0 Å². The van der Waals surface area contributed by atoms with Crippen LogP contribution in [0, 0.1) is 0 Å². The maximum absolute atomic E-state index is 3.73. The van der Waals surface area contributed by atoms with Gasteiger partial charge in [0, 0.05) is 16.6 Å². The van der Waals surface area contributed by atoms with Crippen LogP contribution in [-0.2, 0) is 0 Å². The molecule has 1 aliphatic rings. The molecule has 1 N–H and O–H groups in total. The van der Waals surface area contributed by atoms with Gasteiger partial charge in [0.1, 0.15) is 0 Å². The Kier molecular flexibility index (Phi) is 4.74. The molecule has 0 aromatic heterocycles. The SMILES string of the molecule is C[C@@H](NC1CCSCC1)c1ccccc1Br. The summed E-state index contributed by atoms with van der Waals surface area (Å²) < 4.78 is 1.21. The molecule has 0 radical (unpaired) electrons. The highest BCUT2D eigenvalue weighted by Gasteiger charge is 2.17. The topological polar surface area (TPSA) is 12.0 Å². The number of rotatable bonds is 3. The zero-order valence-electron chi connectivity index (χ0n) is 9.58. The zero-order valence-corrected chi connectivity index (χ0v) is 12.0. The molecule has 1 atom stereocenters. The third-order valence-corrected chi connectivity index (χ3v) is 4.85. The second kappa shape index (κ2) is 6.08. The lowest BCUT2D eigenvalue weighted by Gasteiger charge is -2.27. The summed E-state index contributed by atoms with van der Waals surface area (Å²) >= 11 is 5.69. The summed E-state index contributed by atoms with van der Waals surface area (Å²) in [5.41, 5.74) is 1.36. The van der Waals surface area contributed by atoms with Gasteiger partial charge in [-0.2, -0.15) is 11.8 Å². The second-order valence-corrected chi connectivity index (χ2v) is 6.38. The van der Waals surface area contributed by atoms with Crippen molar-refractivity contribution in [2.45, 2.75) is 31.8 Å². The Morgan fingerprint density at radius 1 is 1.31 bits per heavy atom. The van der Waals surface area contributed by atoms with Gasteiger partial charge in [-0.1, -0.05) is 34.1 Å². The Bertz CT molecular complexity index is 336. The van der Waals surface area contributed by atoms with Crippen LogP contribution in [0.15, 0.2) is 28.7 Å².